The van der Waals surface area contributed by atoms with Crippen molar-refractivity contribution in [1.82, 2.24) is 9.88 Å². The van der Waals surface area contributed by atoms with Crippen LogP contribution in [-0.2, 0) is 11.2 Å². The standard InChI is InChI=1S/C20H20N2O2/c1-2-24-20(23)22-12-11-14-7-3-4-8-15(14)19(22)17-13-21-18-10-6-5-9-16(17)18/h3-10,13,19,21H,2,11-12H2,1H3. The topological polar surface area (TPSA) is 45.3 Å². The second-order valence-electron chi connectivity index (χ2n) is 6.03. The number of benzene rings is 2. The van der Waals surface area contributed by atoms with E-state index < -0.39 is 0 Å². The lowest BCUT2D eigenvalue weighted by Crippen LogP contribution is -2.40. The predicted molar refractivity (Wildman–Crippen MR) is 94.0 cm³/mol. The molecule has 0 bridgehead atoms. The molecule has 0 spiro atoms. The molecule has 1 aromatic heterocycles. The smallest absolute Gasteiger partial charge is 0.410 e. The van der Waals surface area contributed by atoms with E-state index in [1.807, 2.05) is 36.2 Å². The molecule has 0 aliphatic carbocycles. The van der Waals surface area contributed by atoms with Crippen molar-refractivity contribution in [2.75, 3.05) is 13.2 Å². The molecule has 0 radical (unpaired) electrons. The number of fused-ring (bicyclic) bond motifs is 2. The second-order valence-corrected chi connectivity index (χ2v) is 6.03. The molecule has 1 atom stereocenters. The molecule has 1 aliphatic rings. The zero-order valence-corrected chi connectivity index (χ0v) is 13.7. The minimum Gasteiger partial charge on any atom is -0.450 e. The number of para-hydroxylation sites is 1. The Kier molecular flexibility index (Phi) is 3.73. The fraction of sp³-hybridized carbons (Fsp3) is 0.250. The summed E-state index contributed by atoms with van der Waals surface area (Å²) in [7, 11) is 0. The molecule has 2 aromatic carbocycles. The third-order valence-corrected chi connectivity index (χ3v) is 4.70. The van der Waals surface area contributed by atoms with E-state index in [-0.39, 0.29) is 12.1 Å². The number of amides is 1. The zero-order chi connectivity index (χ0) is 16.5. The van der Waals surface area contributed by atoms with Crippen LogP contribution in [0.1, 0.15) is 29.7 Å². The van der Waals surface area contributed by atoms with Crippen LogP contribution in [0.25, 0.3) is 10.9 Å². The zero-order valence-electron chi connectivity index (χ0n) is 13.7. The van der Waals surface area contributed by atoms with E-state index in [4.69, 9.17) is 4.74 Å². The number of carbonyl (C=O) groups excluding carboxylic acids is 1. The number of hydrogen-bond acceptors (Lipinski definition) is 2. The minimum absolute atomic E-state index is 0.120. The average molecular weight is 320 g/mol. The lowest BCUT2D eigenvalue weighted by atomic mass is 9.88. The van der Waals surface area contributed by atoms with Gasteiger partial charge in [0.1, 0.15) is 0 Å². The van der Waals surface area contributed by atoms with Gasteiger partial charge in [-0.1, -0.05) is 42.5 Å². The highest BCUT2D eigenvalue weighted by Gasteiger charge is 2.34. The number of nitrogens with zero attached hydrogens (tertiary/aromatic N) is 1. The molecular weight excluding hydrogens is 300 g/mol. The average Bonchev–Trinajstić information content (AvgIpc) is 3.04. The SMILES string of the molecule is CCOC(=O)N1CCc2ccccc2C1c1c[nH]c2ccccc12. The Morgan fingerprint density at radius 3 is 2.83 bits per heavy atom. The van der Waals surface area contributed by atoms with Crippen LogP contribution in [-0.4, -0.2) is 29.1 Å². The Balaban J connectivity index is 1.88. The van der Waals surface area contributed by atoms with Gasteiger partial charge in [0.15, 0.2) is 0 Å². The van der Waals surface area contributed by atoms with Crippen LogP contribution in [0.15, 0.2) is 54.7 Å². The van der Waals surface area contributed by atoms with Crippen molar-refractivity contribution < 1.29 is 9.53 Å². The van der Waals surface area contributed by atoms with Gasteiger partial charge in [-0.2, -0.15) is 0 Å². The van der Waals surface area contributed by atoms with E-state index in [0.29, 0.717) is 13.2 Å². The molecule has 1 amide bonds. The van der Waals surface area contributed by atoms with E-state index in [9.17, 15) is 4.79 Å². The Bertz CT molecular complexity index is 884. The van der Waals surface area contributed by atoms with Gasteiger partial charge in [-0.25, -0.2) is 4.79 Å². The highest BCUT2D eigenvalue weighted by Crippen LogP contribution is 2.38. The van der Waals surface area contributed by atoms with Crippen LogP contribution in [0.5, 0.6) is 0 Å². The summed E-state index contributed by atoms with van der Waals surface area (Å²) in [4.78, 5) is 17.7. The molecule has 24 heavy (non-hydrogen) atoms. The van der Waals surface area contributed by atoms with E-state index in [1.165, 1.54) is 11.1 Å². The van der Waals surface area contributed by atoms with Gasteiger partial charge in [-0.3, -0.25) is 4.90 Å². The fourth-order valence-corrected chi connectivity index (χ4v) is 3.63. The van der Waals surface area contributed by atoms with Crippen LogP contribution in [0.2, 0.25) is 0 Å². The lowest BCUT2D eigenvalue weighted by molar-refractivity contribution is 0.0940. The molecule has 4 rings (SSSR count). The molecule has 122 valence electrons. The summed E-state index contributed by atoms with van der Waals surface area (Å²) in [5.41, 5.74) is 4.68. The van der Waals surface area contributed by atoms with Crippen molar-refractivity contribution in [2.45, 2.75) is 19.4 Å². The van der Waals surface area contributed by atoms with Gasteiger partial charge >= 0.3 is 6.09 Å². The van der Waals surface area contributed by atoms with Crippen LogP contribution in [0, 0.1) is 0 Å². The summed E-state index contributed by atoms with van der Waals surface area (Å²) in [5.74, 6) is 0. The maximum Gasteiger partial charge on any atom is 0.410 e. The summed E-state index contributed by atoms with van der Waals surface area (Å²) in [6.45, 7) is 2.90. The first kappa shape index (κ1) is 14.8. The second kappa shape index (κ2) is 6.04. The summed E-state index contributed by atoms with van der Waals surface area (Å²) in [6, 6.07) is 16.5. The van der Waals surface area contributed by atoms with Gasteiger partial charge in [-0.15, -0.1) is 0 Å². The van der Waals surface area contributed by atoms with E-state index in [2.05, 4.69) is 35.3 Å². The van der Waals surface area contributed by atoms with Crippen molar-refractivity contribution >= 4 is 17.0 Å². The number of aromatic amines is 1. The fourth-order valence-electron chi connectivity index (χ4n) is 3.63. The molecule has 1 aliphatic heterocycles. The van der Waals surface area contributed by atoms with Crippen LogP contribution in [0.3, 0.4) is 0 Å². The number of aromatic nitrogens is 1. The number of H-pyrrole nitrogens is 1. The number of rotatable bonds is 2. The van der Waals surface area contributed by atoms with Crippen molar-refractivity contribution in [3.05, 3.63) is 71.4 Å². The number of carbonyl (C=O) groups is 1. The van der Waals surface area contributed by atoms with Gasteiger partial charge < -0.3 is 9.72 Å². The van der Waals surface area contributed by atoms with Gasteiger partial charge in [0.25, 0.3) is 0 Å². The Morgan fingerprint density at radius 1 is 1.17 bits per heavy atom. The van der Waals surface area contributed by atoms with E-state index in [0.717, 1.165) is 22.9 Å². The first-order valence-electron chi connectivity index (χ1n) is 8.37. The van der Waals surface area contributed by atoms with Crippen LogP contribution < -0.4 is 0 Å². The number of hydrogen-bond donors (Lipinski definition) is 1. The summed E-state index contributed by atoms with van der Waals surface area (Å²) in [6.07, 6.45) is 2.62. The maximum absolute atomic E-state index is 12.5. The molecule has 1 N–H and O–H groups in total. The normalized spacial score (nSPS) is 16.9. The largest absolute Gasteiger partial charge is 0.450 e. The molecule has 2 heterocycles. The first-order valence-corrected chi connectivity index (χ1v) is 8.37. The van der Waals surface area contributed by atoms with Crippen LogP contribution >= 0.6 is 0 Å². The highest BCUT2D eigenvalue weighted by molar-refractivity contribution is 5.85. The van der Waals surface area contributed by atoms with E-state index in [1.54, 1.807) is 0 Å². The van der Waals surface area contributed by atoms with Gasteiger partial charge in [0.2, 0.25) is 0 Å². The Morgan fingerprint density at radius 2 is 1.96 bits per heavy atom. The van der Waals surface area contributed by atoms with Crippen molar-refractivity contribution in [3.63, 3.8) is 0 Å². The molecule has 0 fully saturated rings. The van der Waals surface area contributed by atoms with Crippen molar-refractivity contribution in [3.8, 4) is 0 Å². The number of nitrogens with one attached hydrogen (secondary N) is 1. The van der Waals surface area contributed by atoms with E-state index >= 15 is 0 Å². The van der Waals surface area contributed by atoms with Crippen LogP contribution in [0.4, 0.5) is 4.79 Å². The molecule has 4 heteroatoms. The van der Waals surface area contributed by atoms with Gasteiger partial charge in [-0.05, 0) is 30.5 Å². The molecular formula is C20H20N2O2. The molecule has 4 nitrogen and oxygen atoms in total. The highest BCUT2D eigenvalue weighted by atomic mass is 16.6. The third-order valence-electron chi connectivity index (χ3n) is 4.70. The van der Waals surface area contributed by atoms with Crippen molar-refractivity contribution in [1.29, 1.82) is 0 Å². The predicted octanol–water partition coefficient (Wildman–Crippen LogP) is 4.27. The monoisotopic (exact) mass is 320 g/mol. The molecule has 0 saturated heterocycles. The van der Waals surface area contributed by atoms with Gasteiger partial charge in [0.05, 0.1) is 12.6 Å². The maximum atomic E-state index is 12.5. The minimum atomic E-state index is -0.248. The Hall–Kier alpha value is -2.75. The summed E-state index contributed by atoms with van der Waals surface area (Å²) < 4.78 is 5.31. The molecule has 3 aromatic rings. The lowest BCUT2D eigenvalue weighted by Gasteiger charge is -2.36. The number of ether oxygens (including phenoxy) is 1. The summed E-state index contributed by atoms with van der Waals surface area (Å²) >= 11 is 0. The molecule has 0 saturated carbocycles. The van der Waals surface area contributed by atoms with Gasteiger partial charge in [0, 0.05) is 29.2 Å². The first-order chi connectivity index (χ1) is 11.8. The quantitative estimate of drug-likeness (QED) is 0.766. The molecule has 1 unspecified atom stereocenters. The van der Waals surface area contributed by atoms with Crippen molar-refractivity contribution in [2.24, 2.45) is 0 Å². The summed E-state index contributed by atoms with van der Waals surface area (Å²) in [5, 5.41) is 1.15. The Labute approximate surface area is 141 Å². The third kappa shape index (κ3) is 2.35.